The summed E-state index contributed by atoms with van der Waals surface area (Å²) < 4.78 is 41.8. The van der Waals surface area contributed by atoms with E-state index in [2.05, 4.69) is 24.1 Å². The van der Waals surface area contributed by atoms with Gasteiger partial charge >= 0.3 is 0 Å². The number of phenols is 1. The van der Waals surface area contributed by atoms with Gasteiger partial charge in [-0.1, -0.05) is 25.1 Å². The Kier molecular flexibility index (Phi) is 8.07. The van der Waals surface area contributed by atoms with Gasteiger partial charge in [0.1, 0.15) is 30.0 Å². The second-order valence-electron chi connectivity index (χ2n) is 10.7. The third kappa shape index (κ3) is 5.54. The highest BCUT2D eigenvalue weighted by Gasteiger charge is 2.33. The molecule has 3 aromatic carbocycles. The Morgan fingerprint density at radius 3 is 2.65 bits per heavy atom. The van der Waals surface area contributed by atoms with Crippen LogP contribution in [0, 0.1) is 17.6 Å². The lowest BCUT2D eigenvalue weighted by atomic mass is 9.84. The largest absolute Gasteiger partial charge is 0.505 e. The number of carbonyl (C=O) groups is 1. The van der Waals surface area contributed by atoms with Crippen molar-refractivity contribution in [3.63, 3.8) is 0 Å². The fourth-order valence-corrected chi connectivity index (χ4v) is 5.64. The van der Waals surface area contributed by atoms with Crippen molar-refractivity contribution < 1.29 is 28.2 Å². The van der Waals surface area contributed by atoms with Gasteiger partial charge in [0.2, 0.25) is 6.41 Å². The summed E-state index contributed by atoms with van der Waals surface area (Å²) >= 11 is 0. The van der Waals surface area contributed by atoms with Crippen molar-refractivity contribution in [2.24, 2.45) is 5.92 Å². The number of phenolic OH excluding ortho intramolecular Hbond substituents is 1. The molecule has 0 saturated carbocycles. The summed E-state index contributed by atoms with van der Waals surface area (Å²) in [7, 11) is 0. The van der Waals surface area contributed by atoms with Gasteiger partial charge in [0.05, 0.1) is 5.56 Å². The number of hydrogen-bond acceptors (Lipinski definition) is 5. The molecule has 3 aromatic rings. The van der Waals surface area contributed by atoms with Crippen LogP contribution in [0.3, 0.4) is 0 Å². The molecule has 0 bridgehead atoms. The Hall–Kier alpha value is -3.91. The topological polar surface area (TPSA) is 71.0 Å². The van der Waals surface area contributed by atoms with Crippen LogP contribution < -0.4 is 14.8 Å². The monoisotopic (exact) mass is 548 g/mol. The minimum absolute atomic E-state index is 0.0796. The molecule has 2 aliphatic rings. The average Bonchev–Trinajstić information content (AvgIpc) is 3.39. The van der Waals surface area contributed by atoms with Gasteiger partial charge in [0.25, 0.3) is 0 Å². The molecule has 0 radical (unpaired) electrons. The SMILES string of the molecule is CC1=C(c2ccc(F)cc2CNC=O)C(c2ccc(OC[C@H](C)N3CC[C@@H](C)C3)cc2)Oc2ccc(O)c(F)c21. The van der Waals surface area contributed by atoms with Crippen LogP contribution in [0.15, 0.2) is 54.6 Å². The van der Waals surface area contributed by atoms with E-state index in [1.54, 1.807) is 19.1 Å². The molecule has 3 atom stereocenters. The third-order valence-corrected chi connectivity index (χ3v) is 7.86. The molecule has 1 fully saturated rings. The lowest BCUT2D eigenvalue weighted by Gasteiger charge is -2.32. The number of ether oxygens (including phenoxy) is 2. The van der Waals surface area contributed by atoms with Crippen molar-refractivity contribution in [2.45, 2.75) is 45.9 Å². The Bertz CT molecular complexity index is 1420. The third-order valence-electron chi connectivity index (χ3n) is 7.86. The zero-order valence-electron chi connectivity index (χ0n) is 22.9. The zero-order chi connectivity index (χ0) is 28.4. The molecule has 210 valence electrons. The van der Waals surface area contributed by atoms with Crippen LogP contribution in [-0.4, -0.2) is 42.2 Å². The first-order chi connectivity index (χ1) is 19.3. The van der Waals surface area contributed by atoms with E-state index in [-0.39, 0.29) is 12.1 Å². The maximum absolute atomic E-state index is 15.2. The molecule has 8 heteroatoms. The molecule has 5 rings (SSSR count). The molecule has 6 nitrogen and oxygen atoms in total. The van der Waals surface area contributed by atoms with E-state index in [9.17, 15) is 14.3 Å². The van der Waals surface area contributed by atoms with Crippen LogP contribution in [-0.2, 0) is 11.3 Å². The number of aromatic hydroxyl groups is 1. The Morgan fingerprint density at radius 1 is 1.18 bits per heavy atom. The highest BCUT2D eigenvalue weighted by Crippen LogP contribution is 2.49. The van der Waals surface area contributed by atoms with Crippen molar-refractivity contribution in [2.75, 3.05) is 19.7 Å². The van der Waals surface area contributed by atoms with Crippen molar-refractivity contribution in [1.29, 1.82) is 0 Å². The highest BCUT2D eigenvalue weighted by atomic mass is 19.1. The Morgan fingerprint density at radius 2 is 1.95 bits per heavy atom. The van der Waals surface area contributed by atoms with Crippen LogP contribution in [0.25, 0.3) is 11.1 Å². The number of rotatable bonds is 9. The smallest absolute Gasteiger partial charge is 0.207 e. The summed E-state index contributed by atoms with van der Waals surface area (Å²) in [6, 6.07) is 15.0. The minimum atomic E-state index is -0.786. The van der Waals surface area contributed by atoms with Crippen LogP contribution in [0.2, 0.25) is 0 Å². The summed E-state index contributed by atoms with van der Waals surface area (Å²) in [6.45, 7) is 9.04. The molecule has 40 heavy (non-hydrogen) atoms. The van der Waals surface area contributed by atoms with Gasteiger partial charge in [-0.2, -0.15) is 0 Å². The number of amides is 1. The molecule has 0 aliphatic carbocycles. The lowest BCUT2D eigenvalue weighted by Crippen LogP contribution is -2.35. The van der Waals surface area contributed by atoms with Gasteiger partial charge in [0.15, 0.2) is 11.6 Å². The number of benzene rings is 3. The fraction of sp³-hybridized carbons (Fsp3) is 0.344. The van der Waals surface area contributed by atoms with Gasteiger partial charge in [-0.3, -0.25) is 9.69 Å². The van der Waals surface area contributed by atoms with E-state index in [0.717, 1.165) is 24.4 Å². The van der Waals surface area contributed by atoms with E-state index in [4.69, 9.17) is 9.47 Å². The van der Waals surface area contributed by atoms with Crippen molar-refractivity contribution >= 4 is 17.6 Å². The normalized spacial score (nSPS) is 19.6. The Balaban J connectivity index is 1.49. The fourth-order valence-electron chi connectivity index (χ4n) is 5.64. The quantitative estimate of drug-likeness (QED) is 0.317. The number of fused-ring (bicyclic) bond motifs is 1. The molecule has 1 amide bonds. The molecule has 0 aromatic heterocycles. The van der Waals surface area contributed by atoms with E-state index in [1.165, 1.54) is 24.6 Å². The van der Waals surface area contributed by atoms with E-state index >= 15 is 4.39 Å². The Labute approximate surface area is 233 Å². The number of allylic oxidation sites excluding steroid dienone is 1. The predicted molar refractivity (Wildman–Crippen MR) is 150 cm³/mol. The lowest BCUT2D eigenvalue weighted by molar-refractivity contribution is -0.109. The summed E-state index contributed by atoms with van der Waals surface area (Å²) in [6.07, 6.45) is 1.10. The molecule has 2 N–H and O–H groups in total. The van der Waals surface area contributed by atoms with Gasteiger partial charge < -0.3 is 19.9 Å². The van der Waals surface area contributed by atoms with Gasteiger partial charge in [-0.05, 0) is 91.4 Å². The van der Waals surface area contributed by atoms with Gasteiger partial charge in [-0.25, -0.2) is 8.78 Å². The number of nitrogens with zero attached hydrogens (tertiary/aromatic N) is 1. The summed E-state index contributed by atoms with van der Waals surface area (Å²) in [4.78, 5) is 13.5. The predicted octanol–water partition coefficient (Wildman–Crippen LogP) is 6.09. The van der Waals surface area contributed by atoms with Crippen molar-refractivity contribution in [3.8, 4) is 17.2 Å². The molecule has 1 unspecified atom stereocenters. The number of nitrogens with one attached hydrogen (secondary N) is 1. The van der Waals surface area contributed by atoms with Crippen LogP contribution >= 0.6 is 0 Å². The maximum Gasteiger partial charge on any atom is 0.207 e. The summed E-state index contributed by atoms with van der Waals surface area (Å²) in [5.41, 5.74) is 3.23. The second kappa shape index (κ2) is 11.7. The van der Waals surface area contributed by atoms with Gasteiger partial charge in [0, 0.05) is 24.7 Å². The summed E-state index contributed by atoms with van der Waals surface area (Å²) in [5, 5.41) is 12.7. The first-order valence-corrected chi connectivity index (χ1v) is 13.6. The first kappa shape index (κ1) is 27.6. The van der Waals surface area contributed by atoms with E-state index in [0.29, 0.717) is 53.0 Å². The van der Waals surface area contributed by atoms with Crippen LogP contribution in [0.5, 0.6) is 17.2 Å². The summed E-state index contributed by atoms with van der Waals surface area (Å²) in [5.74, 6) is 0.00859. The highest BCUT2D eigenvalue weighted by molar-refractivity contribution is 5.96. The van der Waals surface area contributed by atoms with Crippen LogP contribution in [0.1, 0.15) is 55.5 Å². The molecule has 1 saturated heterocycles. The maximum atomic E-state index is 15.2. The number of likely N-dealkylation sites (tertiary alicyclic amines) is 1. The molecular formula is C32H34F2N2O4. The average molecular weight is 549 g/mol. The number of halogens is 2. The number of hydrogen-bond donors (Lipinski definition) is 2. The first-order valence-electron chi connectivity index (χ1n) is 13.6. The van der Waals surface area contributed by atoms with Crippen molar-refractivity contribution in [3.05, 3.63) is 88.5 Å². The van der Waals surface area contributed by atoms with E-state index < -0.39 is 23.5 Å². The molecule has 2 heterocycles. The zero-order valence-corrected chi connectivity index (χ0v) is 22.9. The minimum Gasteiger partial charge on any atom is -0.505 e. The molecule has 2 aliphatic heterocycles. The molecular weight excluding hydrogens is 514 g/mol. The standard InChI is InChI=1S/C32H34F2N2O4/c1-19-12-13-36(16-19)20(2)17-39-25-7-4-22(5-8-25)32-29(26-9-6-24(33)14-23(26)15-35-18-37)21(3)30-28(40-32)11-10-27(38)31(30)34/h4-11,14,18-20,32,38H,12-13,15-17H2,1-3H3,(H,35,37)/t19-,20+,32?/m1/s1. The second-order valence-corrected chi connectivity index (χ2v) is 10.7. The van der Waals surface area contributed by atoms with Crippen molar-refractivity contribution in [1.82, 2.24) is 10.2 Å². The van der Waals surface area contributed by atoms with Crippen LogP contribution in [0.4, 0.5) is 8.78 Å². The van der Waals surface area contributed by atoms with Gasteiger partial charge in [-0.15, -0.1) is 0 Å². The number of carbonyl (C=O) groups excluding carboxylic acids is 1. The molecule has 0 spiro atoms. The van der Waals surface area contributed by atoms with E-state index in [1.807, 2.05) is 24.3 Å².